The summed E-state index contributed by atoms with van der Waals surface area (Å²) < 4.78 is 10.5. The number of aliphatic hydroxyl groups is 1. The molecular formula is C9H11ClO3S. The molecule has 3 nitrogen and oxygen atoms in total. The first-order valence-corrected chi connectivity index (χ1v) is 5.67. The van der Waals surface area contributed by atoms with Gasteiger partial charge in [-0.05, 0) is 11.4 Å². The van der Waals surface area contributed by atoms with Gasteiger partial charge in [-0.15, -0.1) is 11.3 Å². The topological polar surface area (TPSA) is 38.7 Å². The predicted molar refractivity (Wildman–Crippen MR) is 54.6 cm³/mol. The third-order valence-electron chi connectivity index (χ3n) is 2.05. The molecule has 5 heteroatoms. The van der Waals surface area contributed by atoms with Crippen LogP contribution in [-0.4, -0.2) is 24.6 Å². The van der Waals surface area contributed by atoms with Crippen molar-refractivity contribution in [1.29, 1.82) is 0 Å². The second kappa shape index (κ2) is 4.59. The summed E-state index contributed by atoms with van der Waals surface area (Å²) in [5.74, 6) is 0. The Labute approximate surface area is 91.2 Å². The van der Waals surface area contributed by atoms with E-state index in [-0.39, 0.29) is 6.29 Å². The van der Waals surface area contributed by atoms with Gasteiger partial charge in [-0.1, -0.05) is 11.6 Å². The van der Waals surface area contributed by atoms with Gasteiger partial charge in [0.05, 0.1) is 29.2 Å². The van der Waals surface area contributed by atoms with Gasteiger partial charge in [0.1, 0.15) is 0 Å². The minimum atomic E-state index is -0.592. The molecule has 1 aliphatic rings. The molecule has 1 aromatic heterocycles. The smallest absolute Gasteiger partial charge is 0.160 e. The van der Waals surface area contributed by atoms with E-state index < -0.39 is 6.10 Å². The molecule has 14 heavy (non-hydrogen) atoms. The fraction of sp³-hybridized carbons (Fsp3) is 0.556. The van der Waals surface area contributed by atoms with E-state index in [0.717, 1.165) is 4.88 Å². The maximum atomic E-state index is 9.82. The van der Waals surface area contributed by atoms with Crippen molar-refractivity contribution < 1.29 is 14.6 Å². The van der Waals surface area contributed by atoms with Gasteiger partial charge in [0.15, 0.2) is 6.29 Å². The number of rotatable bonds is 3. The van der Waals surface area contributed by atoms with Crippen molar-refractivity contribution in [2.45, 2.75) is 18.8 Å². The molecule has 78 valence electrons. The summed E-state index contributed by atoms with van der Waals surface area (Å²) in [6.45, 7) is 1.21. The van der Waals surface area contributed by atoms with Crippen molar-refractivity contribution in [2.75, 3.05) is 13.2 Å². The lowest BCUT2D eigenvalue weighted by molar-refractivity contribution is -0.0702. The number of aliphatic hydroxyl groups excluding tert-OH is 1. The Morgan fingerprint density at radius 1 is 1.57 bits per heavy atom. The van der Waals surface area contributed by atoms with Crippen LogP contribution in [0.3, 0.4) is 0 Å². The summed E-state index contributed by atoms with van der Waals surface area (Å²) in [4.78, 5) is 0.783. The fourth-order valence-corrected chi connectivity index (χ4v) is 2.56. The van der Waals surface area contributed by atoms with Gasteiger partial charge in [0.2, 0.25) is 0 Å². The Morgan fingerprint density at radius 2 is 2.29 bits per heavy atom. The summed E-state index contributed by atoms with van der Waals surface area (Å²) in [7, 11) is 0. The molecule has 2 heterocycles. The Morgan fingerprint density at radius 3 is 2.86 bits per heavy atom. The summed E-state index contributed by atoms with van der Waals surface area (Å²) in [6, 6.07) is 1.78. The zero-order chi connectivity index (χ0) is 9.97. The van der Waals surface area contributed by atoms with E-state index in [0.29, 0.717) is 24.7 Å². The number of thiophene rings is 1. The number of hydrogen-bond acceptors (Lipinski definition) is 4. The maximum Gasteiger partial charge on any atom is 0.160 e. The van der Waals surface area contributed by atoms with Crippen LogP contribution < -0.4 is 0 Å². The van der Waals surface area contributed by atoms with E-state index in [2.05, 4.69) is 0 Å². The van der Waals surface area contributed by atoms with Crippen molar-refractivity contribution in [3.05, 3.63) is 21.3 Å². The van der Waals surface area contributed by atoms with Crippen LogP contribution >= 0.6 is 22.9 Å². The minimum Gasteiger partial charge on any atom is -0.387 e. The van der Waals surface area contributed by atoms with Crippen molar-refractivity contribution in [3.63, 3.8) is 0 Å². The average Bonchev–Trinajstić information content (AvgIpc) is 2.75. The molecule has 1 unspecified atom stereocenters. The van der Waals surface area contributed by atoms with Crippen molar-refractivity contribution in [2.24, 2.45) is 0 Å². The first kappa shape index (κ1) is 10.4. The normalized spacial score (nSPS) is 20.1. The Kier molecular flexibility index (Phi) is 3.41. The van der Waals surface area contributed by atoms with Crippen LogP contribution in [0.2, 0.25) is 5.02 Å². The summed E-state index contributed by atoms with van der Waals surface area (Å²) in [5, 5.41) is 12.3. The highest BCUT2D eigenvalue weighted by Gasteiger charge is 2.22. The Hall–Kier alpha value is -0.130. The summed E-state index contributed by atoms with van der Waals surface area (Å²) in [5.41, 5.74) is 0. The molecule has 2 rings (SSSR count). The second-order valence-electron chi connectivity index (χ2n) is 3.06. The van der Waals surface area contributed by atoms with Gasteiger partial charge in [-0.2, -0.15) is 0 Å². The molecule has 0 amide bonds. The van der Waals surface area contributed by atoms with E-state index in [1.807, 2.05) is 5.38 Å². The highest BCUT2D eigenvalue weighted by Crippen LogP contribution is 2.32. The summed E-state index contributed by atoms with van der Waals surface area (Å²) >= 11 is 7.34. The van der Waals surface area contributed by atoms with Gasteiger partial charge in [0, 0.05) is 6.42 Å². The number of halogens is 1. The van der Waals surface area contributed by atoms with E-state index in [4.69, 9.17) is 21.1 Å². The molecule has 0 aromatic carbocycles. The first-order chi connectivity index (χ1) is 6.77. The maximum absolute atomic E-state index is 9.82. The van der Waals surface area contributed by atoms with Gasteiger partial charge in [0.25, 0.3) is 0 Å². The molecule has 0 saturated carbocycles. The van der Waals surface area contributed by atoms with Gasteiger partial charge in [-0.25, -0.2) is 0 Å². The minimum absolute atomic E-state index is 0.289. The molecule has 1 aromatic rings. The van der Waals surface area contributed by atoms with Crippen molar-refractivity contribution >= 4 is 22.9 Å². The van der Waals surface area contributed by atoms with Crippen LogP contribution in [0.4, 0.5) is 0 Å². The van der Waals surface area contributed by atoms with Crippen LogP contribution in [-0.2, 0) is 9.47 Å². The lowest BCUT2D eigenvalue weighted by Gasteiger charge is -2.13. The average molecular weight is 235 g/mol. The first-order valence-electron chi connectivity index (χ1n) is 4.41. The highest BCUT2D eigenvalue weighted by molar-refractivity contribution is 7.10. The van der Waals surface area contributed by atoms with E-state index in [1.54, 1.807) is 6.07 Å². The zero-order valence-electron chi connectivity index (χ0n) is 7.48. The Balaban J connectivity index is 1.95. The molecule has 1 aliphatic heterocycles. The molecule has 1 fully saturated rings. The fourth-order valence-electron chi connectivity index (χ4n) is 1.38. The molecule has 0 aliphatic carbocycles. The van der Waals surface area contributed by atoms with E-state index in [1.165, 1.54) is 11.3 Å². The molecule has 0 bridgehead atoms. The number of hydrogen-bond donors (Lipinski definition) is 1. The Bertz CT molecular complexity index is 296. The van der Waals surface area contributed by atoms with Crippen molar-refractivity contribution in [1.82, 2.24) is 0 Å². The van der Waals surface area contributed by atoms with Gasteiger partial charge in [-0.3, -0.25) is 0 Å². The third kappa shape index (κ3) is 2.27. The molecule has 0 radical (unpaired) electrons. The van der Waals surface area contributed by atoms with E-state index >= 15 is 0 Å². The van der Waals surface area contributed by atoms with Crippen LogP contribution in [0.15, 0.2) is 11.4 Å². The predicted octanol–water partition coefficient (Wildman–Crippen LogP) is 2.20. The molecule has 0 spiro atoms. The van der Waals surface area contributed by atoms with E-state index in [9.17, 15) is 5.11 Å². The van der Waals surface area contributed by atoms with Crippen molar-refractivity contribution in [3.8, 4) is 0 Å². The monoisotopic (exact) mass is 234 g/mol. The lowest BCUT2D eigenvalue weighted by atomic mass is 10.2. The molecule has 1 N–H and O–H groups in total. The molecule has 1 atom stereocenters. The zero-order valence-corrected chi connectivity index (χ0v) is 9.05. The quantitative estimate of drug-likeness (QED) is 0.872. The number of ether oxygens (including phenoxy) is 2. The SMILES string of the molecule is OC(CC1OCCO1)c1sccc1Cl. The highest BCUT2D eigenvalue weighted by atomic mass is 35.5. The van der Waals surface area contributed by atoms with Crippen LogP contribution in [0, 0.1) is 0 Å². The van der Waals surface area contributed by atoms with Crippen LogP contribution in [0.5, 0.6) is 0 Å². The largest absolute Gasteiger partial charge is 0.387 e. The summed E-state index contributed by atoms with van der Waals surface area (Å²) in [6.07, 6.45) is -0.436. The van der Waals surface area contributed by atoms with Crippen LogP contribution in [0.1, 0.15) is 17.4 Å². The third-order valence-corrected chi connectivity index (χ3v) is 3.51. The van der Waals surface area contributed by atoms with Gasteiger partial charge >= 0.3 is 0 Å². The second-order valence-corrected chi connectivity index (χ2v) is 4.41. The van der Waals surface area contributed by atoms with Crippen LogP contribution in [0.25, 0.3) is 0 Å². The standard InChI is InChI=1S/C9H11ClO3S/c10-6-1-4-14-9(6)7(11)5-8-12-2-3-13-8/h1,4,7-8,11H,2-3,5H2. The molecular weight excluding hydrogens is 224 g/mol. The lowest BCUT2D eigenvalue weighted by Crippen LogP contribution is -2.12. The molecule has 1 saturated heterocycles. The van der Waals surface area contributed by atoms with Gasteiger partial charge < -0.3 is 14.6 Å².